The zero-order valence-electron chi connectivity index (χ0n) is 10.9. The number of carbonyl (C=O) groups is 1. The number of carbonyl (C=O) groups excluding carboxylic acids is 1. The molecule has 2 rings (SSSR count). The highest BCUT2D eigenvalue weighted by molar-refractivity contribution is 5.85. The van der Waals surface area contributed by atoms with Crippen molar-refractivity contribution in [2.45, 2.75) is 25.3 Å². The van der Waals surface area contributed by atoms with Gasteiger partial charge in [0.05, 0.1) is 6.54 Å². The Morgan fingerprint density at radius 1 is 1.32 bits per heavy atom. The fraction of sp³-hybridized carbons (Fsp3) is 0.500. The maximum Gasteiger partial charge on any atom is 0.223 e. The molecular weight excluding hydrogens is 264 g/mol. The molecule has 1 amide bonds. The second kappa shape index (κ2) is 8.02. The third kappa shape index (κ3) is 5.09. The van der Waals surface area contributed by atoms with Crippen LogP contribution in [0.3, 0.4) is 0 Å². The molecule has 19 heavy (non-hydrogen) atoms. The Morgan fingerprint density at radius 2 is 2.05 bits per heavy atom. The van der Waals surface area contributed by atoms with E-state index in [1.54, 1.807) is 0 Å². The Labute approximate surface area is 120 Å². The number of halogens is 1. The zero-order chi connectivity index (χ0) is 12.8. The number of ether oxygens (including phenoxy) is 1. The molecule has 0 radical (unpaired) electrons. The Kier molecular flexibility index (Phi) is 6.67. The van der Waals surface area contributed by atoms with Crippen molar-refractivity contribution < 1.29 is 9.53 Å². The van der Waals surface area contributed by atoms with Gasteiger partial charge in [-0.1, -0.05) is 18.2 Å². The zero-order valence-corrected chi connectivity index (χ0v) is 11.7. The van der Waals surface area contributed by atoms with Crippen LogP contribution in [0.2, 0.25) is 0 Å². The van der Waals surface area contributed by atoms with Crippen LogP contribution in [0.25, 0.3) is 0 Å². The Balaban J connectivity index is 0.00000180. The fourth-order valence-electron chi connectivity index (χ4n) is 2.26. The van der Waals surface area contributed by atoms with Crippen LogP contribution in [0.1, 0.15) is 19.3 Å². The normalized spacial score (nSPS) is 21.5. The summed E-state index contributed by atoms with van der Waals surface area (Å²) in [6.45, 7) is 1.04. The summed E-state index contributed by atoms with van der Waals surface area (Å²) in [7, 11) is 0. The van der Waals surface area contributed by atoms with E-state index >= 15 is 0 Å². The van der Waals surface area contributed by atoms with Crippen molar-refractivity contribution >= 4 is 18.3 Å². The molecule has 0 aromatic heterocycles. The van der Waals surface area contributed by atoms with Gasteiger partial charge in [-0.15, -0.1) is 12.4 Å². The van der Waals surface area contributed by atoms with E-state index in [2.05, 4.69) is 5.32 Å². The molecule has 0 aliphatic heterocycles. The van der Waals surface area contributed by atoms with Gasteiger partial charge in [-0.3, -0.25) is 4.79 Å². The minimum Gasteiger partial charge on any atom is -0.492 e. The molecular formula is C14H21ClN2O2. The van der Waals surface area contributed by atoms with Gasteiger partial charge in [-0.25, -0.2) is 0 Å². The first-order valence-corrected chi connectivity index (χ1v) is 6.47. The molecule has 106 valence electrons. The van der Waals surface area contributed by atoms with E-state index < -0.39 is 0 Å². The Hall–Kier alpha value is -1.26. The average molecular weight is 285 g/mol. The summed E-state index contributed by atoms with van der Waals surface area (Å²) in [6, 6.07) is 9.79. The summed E-state index contributed by atoms with van der Waals surface area (Å²) in [5.74, 6) is 1.03. The summed E-state index contributed by atoms with van der Waals surface area (Å²) in [4.78, 5) is 11.8. The number of hydrogen-bond acceptors (Lipinski definition) is 3. The van der Waals surface area contributed by atoms with Crippen molar-refractivity contribution in [3.8, 4) is 5.75 Å². The maximum absolute atomic E-state index is 11.8. The van der Waals surface area contributed by atoms with Crippen LogP contribution < -0.4 is 15.8 Å². The van der Waals surface area contributed by atoms with Crippen LogP contribution in [0, 0.1) is 5.92 Å². The van der Waals surface area contributed by atoms with E-state index in [9.17, 15) is 4.79 Å². The second-order valence-corrected chi connectivity index (χ2v) is 4.72. The number of hydrogen-bond donors (Lipinski definition) is 2. The van der Waals surface area contributed by atoms with Gasteiger partial charge in [0.15, 0.2) is 0 Å². The highest BCUT2D eigenvalue weighted by Crippen LogP contribution is 2.23. The largest absolute Gasteiger partial charge is 0.492 e. The SMILES string of the molecule is Cl.NC1CCC(C(=O)NCCOc2ccccc2)C1. The Bertz CT molecular complexity index is 386. The van der Waals surface area contributed by atoms with Gasteiger partial charge in [0.2, 0.25) is 5.91 Å². The van der Waals surface area contributed by atoms with E-state index in [-0.39, 0.29) is 30.3 Å². The molecule has 3 N–H and O–H groups in total. The quantitative estimate of drug-likeness (QED) is 0.810. The lowest BCUT2D eigenvalue weighted by Gasteiger charge is -2.11. The molecule has 0 heterocycles. The molecule has 1 aliphatic carbocycles. The number of nitrogens with two attached hydrogens (primary N) is 1. The highest BCUT2D eigenvalue weighted by atomic mass is 35.5. The third-order valence-corrected chi connectivity index (χ3v) is 3.26. The lowest BCUT2D eigenvalue weighted by atomic mass is 10.1. The number of benzene rings is 1. The van der Waals surface area contributed by atoms with E-state index in [0.29, 0.717) is 13.2 Å². The average Bonchev–Trinajstić information content (AvgIpc) is 2.82. The third-order valence-electron chi connectivity index (χ3n) is 3.26. The summed E-state index contributed by atoms with van der Waals surface area (Å²) >= 11 is 0. The van der Waals surface area contributed by atoms with Crippen molar-refractivity contribution in [2.75, 3.05) is 13.2 Å². The number of amides is 1. The lowest BCUT2D eigenvalue weighted by molar-refractivity contribution is -0.124. The number of para-hydroxylation sites is 1. The van der Waals surface area contributed by atoms with Gasteiger partial charge in [-0.05, 0) is 31.4 Å². The van der Waals surface area contributed by atoms with Gasteiger partial charge >= 0.3 is 0 Å². The van der Waals surface area contributed by atoms with Crippen molar-refractivity contribution in [3.63, 3.8) is 0 Å². The summed E-state index contributed by atoms with van der Waals surface area (Å²) in [5, 5.41) is 2.90. The topological polar surface area (TPSA) is 64.4 Å². The number of rotatable bonds is 5. The molecule has 4 nitrogen and oxygen atoms in total. The van der Waals surface area contributed by atoms with Crippen molar-refractivity contribution in [3.05, 3.63) is 30.3 Å². The van der Waals surface area contributed by atoms with E-state index in [1.807, 2.05) is 30.3 Å². The minimum atomic E-state index is 0. The smallest absolute Gasteiger partial charge is 0.223 e. The van der Waals surface area contributed by atoms with Gasteiger partial charge in [0.25, 0.3) is 0 Å². The molecule has 5 heteroatoms. The molecule has 1 aromatic rings. The molecule has 1 aliphatic rings. The first kappa shape index (κ1) is 15.8. The van der Waals surface area contributed by atoms with Crippen LogP contribution in [0.5, 0.6) is 5.75 Å². The summed E-state index contributed by atoms with van der Waals surface area (Å²) < 4.78 is 5.50. The van der Waals surface area contributed by atoms with Crippen molar-refractivity contribution in [1.82, 2.24) is 5.32 Å². The molecule has 2 unspecified atom stereocenters. The molecule has 1 fully saturated rings. The van der Waals surface area contributed by atoms with Crippen LogP contribution in [-0.4, -0.2) is 25.1 Å². The summed E-state index contributed by atoms with van der Waals surface area (Å²) in [5.41, 5.74) is 5.79. The van der Waals surface area contributed by atoms with Crippen LogP contribution in [0.4, 0.5) is 0 Å². The molecule has 0 spiro atoms. The first-order valence-electron chi connectivity index (χ1n) is 6.47. The first-order chi connectivity index (χ1) is 8.75. The fourth-order valence-corrected chi connectivity index (χ4v) is 2.26. The number of nitrogens with one attached hydrogen (secondary N) is 1. The predicted molar refractivity (Wildman–Crippen MR) is 77.5 cm³/mol. The van der Waals surface area contributed by atoms with E-state index in [1.165, 1.54) is 0 Å². The van der Waals surface area contributed by atoms with Gasteiger partial charge in [0.1, 0.15) is 12.4 Å². The second-order valence-electron chi connectivity index (χ2n) is 4.72. The molecule has 0 bridgehead atoms. The Morgan fingerprint density at radius 3 is 2.68 bits per heavy atom. The minimum absolute atomic E-state index is 0. The predicted octanol–water partition coefficient (Wildman–Crippen LogP) is 1.73. The summed E-state index contributed by atoms with van der Waals surface area (Å²) in [6.07, 6.45) is 2.68. The van der Waals surface area contributed by atoms with Gasteiger partial charge in [0, 0.05) is 12.0 Å². The van der Waals surface area contributed by atoms with Crippen molar-refractivity contribution in [1.29, 1.82) is 0 Å². The standard InChI is InChI=1S/C14H20N2O2.ClH/c15-12-7-6-11(10-12)14(17)16-8-9-18-13-4-2-1-3-5-13;/h1-5,11-12H,6-10,15H2,(H,16,17);1H. The van der Waals surface area contributed by atoms with Crippen LogP contribution >= 0.6 is 12.4 Å². The maximum atomic E-state index is 11.8. The van der Waals surface area contributed by atoms with Crippen molar-refractivity contribution in [2.24, 2.45) is 11.7 Å². The molecule has 1 saturated carbocycles. The monoisotopic (exact) mass is 284 g/mol. The molecule has 0 saturated heterocycles. The van der Waals surface area contributed by atoms with E-state index in [0.717, 1.165) is 25.0 Å². The molecule has 1 aromatic carbocycles. The van der Waals surface area contributed by atoms with E-state index in [4.69, 9.17) is 10.5 Å². The van der Waals surface area contributed by atoms with Gasteiger partial charge in [-0.2, -0.15) is 0 Å². The van der Waals surface area contributed by atoms with Crippen LogP contribution in [0.15, 0.2) is 30.3 Å². The highest BCUT2D eigenvalue weighted by Gasteiger charge is 2.27. The van der Waals surface area contributed by atoms with Crippen LogP contribution in [-0.2, 0) is 4.79 Å². The lowest BCUT2D eigenvalue weighted by Crippen LogP contribution is -2.33. The van der Waals surface area contributed by atoms with Gasteiger partial charge < -0.3 is 15.8 Å². The molecule has 2 atom stereocenters.